The van der Waals surface area contributed by atoms with E-state index in [1.54, 1.807) is 79.7 Å². The van der Waals surface area contributed by atoms with E-state index in [1.807, 2.05) is 41.5 Å². The van der Waals surface area contributed by atoms with Gasteiger partial charge in [-0.2, -0.15) is 25.2 Å². The molecule has 0 bridgehead atoms. The molecule has 0 aliphatic rings. The summed E-state index contributed by atoms with van der Waals surface area (Å²) in [7, 11) is -9.46. The third kappa shape index (κ3) is 6.84. The van der Waals surface area contributed by atoms with Crippen molar-refractivity contribution in [1.82, 2.24) is 0 Å². The minimum Gasteiger partial charge on any atom is -0.488 e. The molecule has 0 heterocycles. The van der Waals surface area contributed by atoms with Crippen LogP contribution in [-0.2, 0) is 13.7 Å². The lowest BCUT2D eigenvalue weighted by Gasteiger charge is -2.40. The van der Waals surface area contributed by atoms with Gasteiger partial charge in [-0.3, -0.25) is 0 Å². The fourth-order valence-electron chi connectivity index (χ4n) is 3.66. The number of hydrogen-bond donors (Lipinski definition) is 0. The molecule has 0 atom stereocenters. The number of ether oxygens (including phenoxy) is 2. The smallest absolute Gasteiger partial charge is 0.488 e. The lowest BCUT2D eigenvalue weighted by atomic mass is 10.2. The predicted molar refractivity (Wildman–Crippen MR) is 143 cm³/mol. The SMILES string of the molecule is Cc1ccccc1S(OS(=O)(=O)C(F)(F)F)(c1ccc(OC(C)(C)C)cc1)c1ccc(OC(C)(C)C)cc1. The Hall–Kier alpha value is -2.69. The number of benzene rings is 3. The van der Waals surface area contributed by atoms with Gasteiger partial charge in [0.05, 0.1) is 0 Å². The van der Waals surface area contributed by atoms with Crippen LogP contribution in [-0.4, -0.2) is 25.1 Å². The Bertz CT molecular complexity index is 1290. The van der Waals surface area contributed by atoms with E-state index in [0.717, 1.165) is 0 Å². The van der Waals surface area contributed by atoms with Gasteiger partial charge < -0.3 is 9.47 Å². The standard InChI is InChI=1S/C28H33F3O5S2/c1-20-10-8-9-11-25(20)37(36-38(32,33)28(29,30)31,23-16-12-21(13-17-23)34-26(2,3)4)24-18-14-22(15-19-24)35-27(5,6)7/h8-19H,1-7H3. The van der Waals surface area contributed by atoms with Crippen LogP contribution in [0, 0.1) is 6.92 Å². The van der Waals surface area contributed by atoms with Crippen molar-refractivity contribution in [3.63, 3.8) is 0 Å². The van der Waals surface area contributed by atoms with E-state index in [0.29, 0.717) is 22.0 Å². The second kappa shape index (κ2) is 10.5. The van der Waals surface area contributed by atoms with Gasteiger partial charge in [0.2, 0.25) is 0 Å². The van der Waals surface area contributed by atoms with Crippen molar-refractivity contribution in [1.29, 1.82) is 0 Å². The maximum atomic E-state index is 13.8. The van der Waals surface area contributed by atoms with E-state index in [2.05, 4.69) is 0 Å². The topological polar surface area (TPSA) is 61.8 Å². The van der Waals surface area contributed by atoms with Crippen LogP contribution in [0.2, 0.25) is 0 Å². The van der Waals surface area contributed by atoms with Gasteiger partial charge in [-0.1, -0.05) is 18.2 Å². The van der Waals surface area contributed by atoms with E-state index in [1.165, 1.54) is 0 Å². The lowest BCUT2D eigenvalue weighted by molar-refractivity contribution is -0.0496. The van der Waals surface area contributed by atoms with Gasteiger partial charge in [0.15, 0.2) is 0 Å². The van der Waals surface area contributed by atoms with E-state index in [9.17, 15) is 21.6 Å². The Labute approximate surface area is 224 Å². The van der Waals surface area contributed by atoms with Crippen molar-refractivity contribution in [2.24, 2.45) is 0 Å². The highest BCUT2D eigenvalue weighted by Gasteiger charge is 2.52. The van der Waals surface area contributed by atoms with Crippen LogP contribution in [0.4, 0.5) is 13.2 Å². The molecule has 0 radical (unpaired) electrons. The van der Waals surface area contributed by atoms with Crippen LogP contribution < -0.4 is 9.47 Å². The first-order valence-corrected chi connectivity index (χ1v) is 14.8. The summed E-state index contributed by atoms with van der Waals surface area (Å²) in [6, 6.07) is 19.3. The van der Waals surface area contributed by atoms with Crippen molar-refractivity contribution in [3.8, 4) is 11.5 Å². The van der Waals surface area contributed by atoms with Crippen LogP contribution in [0.25, 0.3) is 0 Å². The summed E-state index contributed by atoms with van der Waals surface area (Å²) in [6.07, 6.45) is 0. The minimum atomic E-state index is -6.02. The second-order valence-corrected chi connectivity index (χ2v) is 15.1. The van der Waals surface area contributed by atoms with Crippen LogP contribution in [0.5, 0.6) is 11.5 Å². The number of alkyl halides is 3. The van der Waals surface area contributed by atoms with Crippen molar-refractivity contribution < 1.29 is 34.7 Å². The molecular formula is C28H33F3O5S2. The Morgan fingerprint density at radius 1 is 0.632 bits per heavy atom. The zero-order valence-electron chi connectivity index (χ0n) is 22.4. The highest BCUT2D eigenvalue weighted by Crippen LogP contribution is 2.71. The highest BCUT2D eigenvalue weighted by molar-refractivity contribution is 8.33. The summed E-state index contributed by atoms with van der Waals surface area (Å²) < 4.78 is 83.7. The van der Waals surface area contributed by atoms with Gasteiger partial charge in [0.25, 0.3) is 0 Å². The zero-order valence-corrected chi connectivity index (χ0v) is 24.1. The fourth-order valence-corrected chi connectivity index (χ4v) is 8.58. The van der Waals surface area contributed by atoms with Gasteiger partial charge in [0.1, 0.15) is 22.7 Å². The van der Waals surface area contributed by atoms with Crippen molar-refractivity contribution >= 4 is 20.4 Å². The van der Waals surface area contributed by atoms with Gasteiger partial charge in [0, 0.05) is 14.7 Å². The monoisotopic (exact) mass is 570 g/mol. The van der Waals surface area contributed by atoms with Crippen LogP contribution in [0.15, 0.2) is 87.5 Å². The Morgan fingerprint density at radius 3 is 1.37 bits per heavy atom. The minimum absolute atomic E-state index is 0.255. The third-order valence-electron chi connectivity index (χ3n) is 5.04. The van der Waals surface area contributed by atoms with Crippen LogP contribution in [0.1, 0.15) is 47.1 Å². The van der Waals surface area contributed by atoms with E-state index < -0.39 is 37.1 Å². The number of rotatable bonds is 7. The summed E-state index contributed by atoms with van der Waals surface area (Å²) in [4.78, 5) is 0.831. The molecule has 0 amide bonds. The highest BCUT2D eigenvalue weighted by atomic mass is 32.3. The molecule has 0 saturated heterocycles. The fraction of sp³-hybridized carbons (Fsp3) is 0.357. The molecule has 0 aliphatic heterocycles. The van der Waals surface area contributed by atoms with Gasteiger partial charge in [-0.25, -0.2) is 0 Å². The molecule has 5 nitrogen and oxygen atoms in total. The van der Waals surface area contributed by atoms with Gasteiger partial charge in [-0.15, -0.1) is 0 Å². The van der Waals surface area contributed by atoms with E-state index in [4.69, 9.17) is 13.1 Å². The molecule has 3 aromatic rings. The molecule has 0 aromatic heterocycles. The predicted octanol–water partition coefficient (Wildman–Crippen LogP) is 8.41. The Balaban J connectivity index is 2.34. The number of aryl methyl sites for hydroxylation is 1. The van der Waals surface area contributed by atoms with E-state index >= 15 is 0 Å². The normalized spacial score (nSPS) is 13.7. The van der Waals surface area contributed by atoms with Crippen molar-refractivity contribution in [2.45, 2.75) is 79.9 Å². The molecule has 3 aromatic carbocycles. The van der Waals surface area contributed by atoms with Crippen molar-refractivity contribution in [3.05, 3.63) is 78.4 Å². The first-order chi connectivity index (χ1) is 17.3. The molecule has 0 saturated carbocycles. The first kappa shape index (κ1) is 29.9. The molecule has 0 unspecified atom stereocenters. The summed E-state index contributed by atoms with van der Waals surface area (Å²) in [5.74, 6) is 0.957. The quantitative estimate of drug-likeness (QED) is 0.267. The first-order valence-electron chi connectivity index (χ1n) is 11.8. The summed E-state index contributed by atoms with van der Waals surface area (Å²) in [5, 5.41) is 0. The van der Waals surface area contributed by atoms with Crippen LogP contribution >= 0.6 is 10.3 Å². The Kier molecular flexibility index (Phi) is 8.22. The number of hydrogen-bond acceptors (Lipinski definition) is 5. The number of halogens is 3. The zero-order chi connectivity index (χ0) is 28.6. The van der Waals surface area contributed by atoms with Gasteiger partial charge in [-0.05, 0) is 119 Å². The Morgan fingerprint density at radius 2 is 1.03 bits per heavy atom. The largest absolute Gasteiger partial charge is 0.524 e. The average Bonchev–Trinajstić information content (AvgIpc) is 2.76. The molecular weight excluding hydrogens is 537 g/mol. The molecule has 3 rings (SSSR count). The molecule has 0 aliphatic carbocycles. The summed E-state index contributed by atoms with van der Waals surface area (Å²) in [5.41, 5.74) is -6.08. The van der Waals surface area contributed by atoms with Crippen LogP contribution in [0.3, 0.4) is 0 Å². The molecule has 10 heteroatoms. The van der Waals surface area contributed by atoms with E-state index in [-0.39, 0.29) is 9.79 Å². The summed E-state index contributed by atoms with van der Waals surface area (Å²) in [6.45, 7) is 12.9. The maximum Gasteiger partial charge on any atom is 0.524 e. The van der Waals surface area contributed by atoms with Crippen molar-refractivity contribution in [2.75, 3.05) is 0 Å². The second-order valence-electron chi connectivity index (χ2n) is 10.7. The lowest BCUT2D eigenvalue weighted by Crippen LogP contribution is -2.28. The molecule has 0 fully saturated rings. The summed E-state index contributed by atoms with van der Waals surface area (Å²) >= 11 is 0. The average molecular weight is 571 g/mol. The van der Waals surface area contributed by atoms with Gasteiger partial charge >= 0.3 is 15.6 Å². The molecule has 38 heavy (non-hydrogen) atoms. The maximum absolute atomic E-state index is 13.8. The third-order valence-corrected chi connectivity index (χ3v) is 10.1. The molecule has 208 valence electrons. The molecule has 0 N–H and O–H groups in total. The molecule has 0 spiro atoms.